The Hall–Kier alpha value is -1.49. The van der Waals surface area contributed by atoms with Crippen molar-refractivity contribution in [2.24, 2.45) is 52.3 Å². The molecule has 0 heterocycles. The molecule has 0 saturated heterocycles. The Morgan fingerprint density at radius 1 is 1.02 bits per heavy atom. The van der Waals surface area contributed by atoms with Gasteiger partial charge in [-0.05, 0) is 116 Å². The molecule has 3 saturated carbocycles. The molecule has 3 fully saturated rings. The first kappa shape index (κ1) is 31.9. The fourth-order valence-electron chi connectivity index (χ4n) is 9.72. The molecule has 1 N–H and O–H groups in total. The molecule has 0 aromatic carbocycles. The Morgan fingerprint density at radius 2 is 1.81 bits per heavy atom. The third-order valence-corrected chi connectivity index (χ3v) is 13.0. The van der Waals surface area contributed by atoms with E-state index >= 15 is 0 Å². The molecule has 0 aromatic heterocycles. The number of hydrogen-bond acceptors (Lipinski definition) is 4. The van der Waals surface area contributed by atoms with E-state index in [2.05, 4.69) is 53.7 Å². The molecule has 4 heteroatoms. The van der Waals surface area contributed by atoms with E-state index in [-0.39, 0.29) is 23.2 Å². The van der Waals surface area contributed by atoms with Crippen LogP contribution in [0.3, 0.4) is 0 Å². The van der Waals surface area contributed by atoms with Crippen molar-refractivity contribution < 1.29 is 19.4 Å². The minimum Gasteiger partial charge on any atom is -0.373 e. The number of aliphatic hydroxyl groups excluding tert-OH is 1. The maximum Gasteiger partial charge on any atom is 0.184 e. The molecule has 0 amide bonds. The van der Waals surface area contributed by atoms with E-state index in [0.717, 1.165) is 48.9 Å². The number of carbonyl (C=O) groups is 1. The van der Waals surface area contributed by atoms with Crippen LogP contribution in [0.1, 0.15) is 106 Å². The van der Waals surface area contributed by atoms with Crippen LogP contribution in [-0.4, -0.2) is 36.5 Å². The van der Waals surface area contributed by atoms with Gasteiger partial charge >= 0.3 is 0 Å². The summed E-state index contributed by atoms with van der Waals surface area (Å²) in [5.74, 6) is 4.75. The molecule has 4 nitrogen and oxygen atoms in total. The number of methoxy groups -OCH3 is 1. The van der Waals surface area contributed by atoms with Crippen LogP contribution in [0.4, 0.5) is 0 Å². The van der Waals surface area contributed by atoms with Crippen molar-refractivity contribution >= 4 is 5.78 Å². The Balaban J connectivity index is 1.21. The highest BCUT2D eigenvalue weighted by atomic mass is 16.6. The Bertz CT molecular complexity index is 1100. The molecule has 0 aromatic rings. The topological polar surface area (TPSA) is 55.8 Å². The van der Waals surface area contributed by atoms with Crippen molar-refractivity contribution in [2.75, 3.05) is 7.11 Å². The van der Waals surface area contributed by atoms with Crippen LogP contribution in [0.2, 0.25) is 0 Å². The molecule has 5 aliphatic rings. The van der Waals surface area contributed by atoms with Crippen LogP contribution in [0, 0.1) is 52.3 Å². The van der Waals surface area contributed by atoms with E-state index < -0.39 is 12.4 Å². The monoisotopic (exact) mass is 578 g/mol. The van der Waals surface area contributed by atoms with Crippen molar-refractivity contribution in [3.05, 3.63) is 47.6 Å². The highest BCUT2D eigenvalue weighted by molar-refractivity contribution is 5.94. The van der Waals surface area contributed by atoms with Gasteiger partial charge in [-0.1, -0.05) is 89.8 Å². The predicted molar refractivity (Wildman–Crippen MR) is 171 cm³/mol. The second kappa shape index (κ2) is 12.9. The molecule has 0 radical (unpaired) electrons. The van der Waals surface area contributed by atoms with Crippen molar-refractivity contribution in [1.82, 2.24) is 0 Å². The lowest BCUT2D eigenvalue weighted by Gasteiger charge is -2.55. The number of ketones is 1. The molecule has 0 bridgehead atoms. The zero-order valence-electron chi connectivity index (χ0n) is 27.5. The van der Waals surface area contributed by atoms with E-state index in [1.165, 1.54) is 44.1 Å². The second-order valence-electron chi connectivity index (χ2n) is 15.5. The normalized spacial score (nSPS) is 40.3. The number of fused-ring (bicyclic) bond motifs is 5. The van der Waals surface area contributed by atoms with Crippen molar-refractivity contribution in [1.29, 1.82) is 0 Å². The van der Waals surface area contributed by atoms with E-state index in [1.807, 2.05) is 12.2 Å². The van der Waals surface area contributed by atoms with E-state index in [0.29, 0.717) is 17.8 Å². The molecule has 0 aliphatic heterocycles. The maximum absolute atomic E-state index is 11.9. The standard InChI is InChI=1S/C38H58O4/c1-24(2)25(3)8-9-26(4)31-14-15-32-30-13-12-28-23-29(18-20-37(28,5)33(30)19-21-38(31,32)6)42-36(40)17-11-27-10-16-34(39)35(22-27)41-7/h10-13,16-17,24-27,29,31-33,35-36,40H,8-9,14-15,18-23H2,1-7H3/b17-11+. The van der Waals surface area contributed by atoms with Gasteiger partial charge in [0.2, 0.25) is 0 Å². The number of rotatable bonds is 10. The van der Waals surface area contributed by atoms with E-state index in [4.69, 9.17) is 9.47 Å². The van der Waals surface area contributed by atoms with Crippen molar-refractivity contribution in [2.45, 2.75) is 124 Å². The number of carbonyl (C=O) groups excluding carboxylic acids is 1. The minimum absolute atomic E-state index is 0.0128. The fourth-order valence-corrected chi connectivity index (χ4v) is 9.72. The quantitative estimate of drug-likeness (QED) is 0.208. The highest BCUT2D eigenvalue weighted by Gasteiger charge is 2.57. The summed E-state index contributed by atoms with van der Waals surface area (Å²) in [5.41, 5.74) is 3.95. The number of allylic oxidation sites excluding steroid dienone is 5. The van der Waals surface area contributed by atoms with Gasteiger partial charge in [0.1, 0.15) is 6.10 Å². The van der Waals surface area contributed by atoms with Crippen LogP contribution in [0.15, 0.2) is 47.6 Å². The lowest BCUT2D eigenvalue weighted by atomic mass is 9.50. The average molecular weight is 579 g/mol. The molecule has 234 valence electrons. The van der Waals surface area contributed by atoms with Crippen LogP contribution in [0.5, 0.6) is 0 Å². The van der Waals surface area contributed by atoms with Crippen LogP contribution >= 0.6 is 0 Å². The van der Waals surface area contributed by atoms with Gasteiger partial charge in [-0.2, -0.15) is 0 Å². The van der Waals surface area contributed by atoms with Crippen molar-refractivity contribution in [3.8, 4) is 0 Å². The van der Waals surface area contributed by atoms with E-state index in [9.17, 15) is 9.90 Å². The predicted octanol–water partition coefficient (Wildman–Crippen LogP) is 8.61. The molecule has 42 heavy (non-hydrogen) atoms. The first-order valence-corrected chi connectivity index (χ1v) is 17.1. The zero-order chi connectivity index (χ0) is 30.2. The lowest BCUT2D eigenvalue weighted by Crippen LogP contribution is -2.47. The summed E-state index contributed by atoms with van der Waals surface area (Å²) in [6.45, 7) is 14.9. The van der Waals surface area contributed by atoms with Gasteiger partial charge in [-0.25, -0.2) is 0 Å². The van der Waals surface area contributed by atoms with Gasteiger partial charge in [0, 0.05) is 7.11 Å². The average Bonchev–Trinajstić information content (AvgIpc) is 3.32. The molecular weight excluding hydrogens is 520 g/mol. The Labute approximate surface area is 256 Å². The van der Waals surface area contributed by atoms with Crippen LogP contribution in [-0.2, 0) is 14.3 Å². The third kappa shape index (κ3) is 6.20. The van der Waals surface area contributed by atoms with Gasteiger partial charge in [0.05, 0.1) is 6.10 Å². The molecular formula is C38H58O4. The maximum atomic E-state index is 11.9. The lowest BCUT2D eigenvalue weighted by molar-refractivity contribution is -0.125. The van der Waals surface area contributed by atoms with Crippen molar-refractivity contribution in [3.63, 3.8) is 0 Å². The van der Waals surface area contributed by atoms with Crippen LogP contribution in [0.25, 0.3) is 0 Å². The summed E-state index contributed by atoms with van der Waals surface area (Å²) in [6, 6.07) is 0. The van der Waals surface area contributed by atoms with E-state index in [1.54, 1.807) is 24.8 Å². The summed E-state index contributed by atoms with van der Waals surface area (Å²) in [7, 11) is 1.57. The first-order valence-electron chi connectivity index (χ1n) is 17.1. The Kier molecular flexibility index (Phi) is 9.77. The molecule has 5 rings (SSSR count). The molecule has 5 aliphatic carbocycles. The summed E-state index contributed by atoms with van der Waals surface area (Å²) in [4.78, 5) is 11.9. The number of hydrogen-bond donors (Lipinski definition) is 1. The largest absolute Gasteiger partial charge is 0.373 e. The van der Waals surface area contributed by atoms with Gasteiger partial charge < -0.3 is 14.6 Å². The Morgan fingerprint density at radius 3 is 2.55 bits per heavy atom. The smallest absolute Gasteiger partial charge is 0.184 e. The number of ether oxygens (including phenoxy) is 2. The fraction of sp³-hybridized carbons (Fsp3) is 0.763. The molecule has 0 spiro atoms. The summed E-state index contributed by atoms with van der Waals surface area (Å²) < 4.78 is 11.4. The molecule has 11 unspecified atom stereocenters. The minimum atomic E-state index is -0.932. The second-order valence-corrected chi connectivity index (χ2v) is 15.5. The SMILES string of the molecule is COC1CC(/C=C/C(O)OC2CCC3(C)C(=CC=C4C3CCC3(C)C4CCC3C(C)CCC(C)C(C)C)C2)C=CC1=O. The van der Waals surface area contributed by atoms with Gasteiger partial charge in [0.25, 0.3) is 0 Å². The number of aliphatic hydroxyl groups is 1. The highest BCUT2D eigenvalue weighted by Crippen LogP contribution is 2.66. The van der Waals surface area contributed by atoms with Gasteiger partial charge in [-0.3, -0.25) is 4.79 Å². The van der Waals surface area contributed by atoms with Gasteiger partial charge in [-0.15, -0.1) is 0 Å². The third-order valence-electron chi connectivity index (χ3n) is 13.0. The first-order chi connectivity index (χ1) is 20.0. The molecule has 11 atom stereocenters. The van der Waals surface area contributed by atoms with Crippen LogP contribution < -0.4 is 0 Å². The zero-order valence-corrected chi connectivity index (χ0v) is 27.5. The van der Waals surface area contributed by atoms with Gasteiger partial charge in [0.15, 0.2) is 12.1 Å². The summed E-state index contributed by atoms with van der Waals surface area (Å²) >= 11 is 0. The summed E-state index contributed by atoms with van der Waals surface area (Å²) in [6.07, 6.45) is 22.7. The summed E-state index contributed by atoms with van der Waals surface area (Å²) in [5, 5.41) is 10.7.